The predicted octanol–water partition coefficient (Wildman–Crippen LogP) is 2.13. The van der Waals surface area contributed by atoms with Gasteiger partial charge >= 0.3 is 0 Å². The summed E-state index contributed by atoms with van der Waals surface area (Å²) in [5, 5.41) is 6.54. The summed E-state index contributed by atoms with van der Waals surface area (Å²) in [5.74, 6) is 0.838. The monoisotopic (exact) mass is 313 g/mol. The molecule has 23 heavy (non-hydrogen) atoms. The number of carbonyl (C=O) groups excluding carboxylic acids is 2. The lowest BCUT2D eigenvalue weighted by molar-refractivity contribution is -0.126. The van der Waals surface area contributed by atoms with E-state index in [0.29, 0.717) is 12.3 Å². The summed E-state index contributed by atoms with van der Waals surface area (Å²) in [4.78, 5) is 23.3. The largest absolute Gasteiger partial charge is 0.460 e. The summed E-state index contributed by atoms with van der Waals surface area (Å²) in [6.45, 7) is 2.28. The van der Waals surface area contributed by atoms with Gasteiger partial charge in [0.05, 0.1) is 6.21 Å². The molecule has 0 saturated carbocycles. The minimum absolute atomic E-state index is 0.0785. The zero-order chi connectivity index (χ0) is 16.5. The van der Waals surface area contributed by atoms with Crippen LogP contribution in [0.3, 0.4) is 0 Å². The Morgan fingerprint density at radius 1 is 1.09 bits per heavy atom. The lowest BCUT2D eigenvalue weighted by Crippen LogP contribution is -2.25. The number of amides is 2. The van der Waals surface area contributed by atoms with Gasteiger partial charge in [0.25, 0.3) is 0 Å². The van der Waals surface area contributed by atoms with Crippen molar-refractivity contribution < 1.29 is 14.0 Å². The van der Waals surface area contributed by atoms with E-state index >= 15 is 0 Å². The van der Waals surface area contributed by atoms with Crippen molar-refractivity contribution in [3.63, 3.8) is 0 Å². The molecular formula is C17H19N3O3. The van der Waals surface area contributed by atoms with Crippen LogP contribution in [0.1, 0.15) is 29.9 Å². The molecule has 0 fully saturated rings. The fraction of sp³-hybridized carbons (Fsp3) is 0.235. The minimum Gasteiger partial charge on any atom is -0.460 e. The van der Waals surface area contributed by atoms with Crippen molar-refractivity contribution in [1.29, 1.82) is 0 Å². The van der Waals surface area contributed by atoms with Crippen molar-refractivity contribution in [1.82, 2.24) is 10.7 Å². The second-order valence-corrected chi connectivity index (χ2v) is 5.00. The molecule has 6 nitrogen and oxygen atoms in total. The minimum atomic E-state index is -0.320. The van der Waals surface area contributed by atoms with Gasteiger partial charge in [0.15, 0.2) is 0 Å². The SMILES string of the molecule is Cc1ccc(C=NNC(=O)CCC(=O)NCc2ccccc2)o1. The second kappa shape index (κ2) is 8.53. The van der Waals surface area contributed by atoms with Crippen molar-refractivity contribution >= 4 is 18.0 Å². The number of nitrogens with one attached hydrogen (secondary N) is 2. The van der Waals surface area contributed by atoms with Gasteiger partial charge < -0.3 is 9.73 Å². The molecule has 2 aromatic rings. The third-order valence-electron chi connectivity index (χ3n) is 3.05. The van der Waals surface area contributed by atoms with E-state index in [0.717, 1.165) is 11.3 Å². The zero-order valence-corrected chi connectivity index (χ0v) is 12.9. The average Bonchev–Trinajstić information content (AvgIpc) is 2.97. The Morgan fingerprint density at radius 3 is 2.52 bits per heavy atom. The van der Waals surface area contributed by atoms with Crippen LogP contribution in [0.25, 0.3) is 0 Å². The number of aryl methyl sites for hydroxylation is 1. The van der Waals surface area contributed by atoms with E-state index in [4.69, 9.17) is 4.42 Å². The van der Waals surface area contributed by atoms with Crippen LogP contribution in [0.2, 0.25) is 0 Å². The van der Waals surface area contributed by atoms with Crippen molar-refractivity contribution in [2.24, 2.45) is 5.10 Å². The number of hydrogen-bond donors (Lipinski definition) is 2. The average molecular weight is 313 g/mol. The normalized spacial score (nSPS) is 10.7. The number of hydrogen-bond acceptors (Lipinski definition) is 4. The smallest absolute Gasteiger partial charge is 0.240 e. The number of benzene rings is 1. The van der Waals surface area contributed by atoms with E-state index in [9.17, 15) is 9.59 Å². The molecule has 0 spiro atoms. The van der Waals surface area contributed by atoms with E-state index in [-0.39, 0.29) is 24.7 Å². The molecule has 2 N–H and O–H groups in total. The van der Waals surface area contributed by atoms with Crippen LogP contribution in [-0.4, -0.2) is 18.0 Å². The van der Waals surface area contributed by atoms with Gasteiger partial charge in [-0.3, -0.25) is 9.59 Å². The Balaban J connectivity index is 1.63. The van der Waals surface area contributed by atoms with Gasteiger partial charge in [0.2, 0.25) is 11.8 Å². The zero-order valence-electron chi connectivity index (χ0n) is 12.9. The van der Waals surface area contributed by atoms with Crippen molar-refractivity contribution in [2.45, 2.75) is 26.3 Å². The fourth-order valence-corrected chi connectivity index (χ4v) is 1.86. The quantitative estimate of drug-likeness (QED) is 0.607. The summed E-state index contributed by atoms with van der Waals surface area (Å²) in [5.41, 5.74) is 3.38. The molecule has 0 aliphatic carbocycles. The molecule has 0 unspecified atom stereocenters. The van der Waals surface area contributed by atoms with Gasteiger partial charge in [0, 0.05) is 19.4 Å². The van der Waals surface area contributed by atoms with E-state index < -0.39 is 0 Å². The van der Waals surface area contributed by atoms with E-state index in [2.05, 4.69) is 15.8 Å². The third-order valence-corrected chi connectivity index (χ3v) is 3.05. The molecule has 0 aliphatic rings. The first-order valence-electron chi connectivity index (χ1n) is 7.32. The van der Waals surface area contributed by atoms with Gasteiger partial charge in [0.1, 0.15) is 11.5 Å². The molecule has 0 bridgehead atoms. The highest BCUT2D eigenvalue weighted by molar-refractivity contribution is 5.84. The molecule has 120 valence electrons. The molecule has 2 rings (SSSR count). The first kappa shape index (κ1) is 16.5. The summed E-state index contributed by atoms with van der Waals surface area (Å²) < 4.78 is 5.27. The van der Waals surface area contributed by atoms with E-state index in [1.54, 1.807) is 12.1 Å². The van der Waals surface area contributed by atoms with E-state index in [1.165, 1.54) is 6.21 Å². The maximum absolute atomic E-state index is 11.7. The molecule has 0 aliphatic heterocycles. The van der Waals surface area contributed by atoms with Gasteiger partial charge in [-0.25, -0.2) is 5.43 Å². The summed E-state index contributed by atoms with van der Waals surface area (Å²) in [6.07, 6.45) is 1.61. The number of hydrazone groups is 1. The second-order valence-electron chi connectivity index (χ2n) is 5.00. The van der Waals surface area contributed by atoms with Crippen molar-refractivity contribution in [3.05, 3.63) is 59.5 Å². The molecule has 0 saturated heterocycles. The van der Waals surface area contributed by atoms with Crippen LogP contribution in [0.4, 0.5) is 0 Å². The molecule has 1 aromatic heterocycles. The summed E-state index contributed by atoms with van der Waals surface area (Å²) in [7, 11) is 0. The maximum Gasteiger partial charge on any atom is 0.240 e. The van der Waals surface area contributed by atoms with Crippen LogP contribution < -0.4 is 10.7 Å². The first-order chi connectivity index (χ1) is 11.1. The number of furan rings is 1. The first-order valence-corrected chi connectivity index (χ1v) is 7.32. The van der Waals surface area contributed by atoms with Gasteiger partial charge in [-0.15, -0.1) is 0 Å². The number of rotatable bonds is 7. The Kier molecular flexibility index (Phi) is 6.11. The molecule has 1 heterocycles. The van der Waals surface area contributed by atoms with Crippen LogP contribution in [0.5, 0.6) is 0 Å². The molecule has 1 aromatic carbocycles. The lowest BCUT2D eigenvalue weighted by Gasteiger charge is -2.04. The molecule has 0 radical (unpaired) electrons. The summed E-state index contributed by atoms with van der Waals surface area (Å²) in [6, 6.07) is 13.2. The highest BCUT2D eigenvalue weighted by Gasteiger charge is 2.06. The highest BCUT2D eigenvalue weighted by Crippen LogP contribution is 2.02. The van der Waals surface area contributed by atoms with Crippen LogP contribution in [0, 0.1) is 6.92 Å². The maximum atomic E-state index is 11.7. The Labute approximate surface area is 134 Å². The van der Waals surface area contributed by atoms with Gasteiger partial charge in [-0.1, -0.05) is 30.3 Å². The van der Waals surface area contributed by atoms with Gasteiger partial charge in [-0.2, -0.15) is 5.10 Å². The highest BCUT2D eigenvalue weighted by atomic mass is 16.3. The summed E-state index contributed by atoms with van der Waals surface area (Å²) >= 11 is 0. The van der Waals surface area contributed by atoms with Crippen molar-refractivity contribution in [2.75, 3.05) is 0 Å². The standard InChI is InChI=1S/C17H19N3O3/c1-13-7-8-15(23-13)12-19-20-17(22)10-9-16(21)18-11-14-5-3-2-4-6-14/h2-8,12H,9-11H2,1H3,(H,18,21)(H,20,22). The van der Waals surface area contributed by atoms with Crippen LogP contribution >= 0.6 is 0 Å². The van der Waals surface area contributed by atoms with Crippen LogP contribution in [0.15, 0.2) is 52.0 Å². The molecule has 0 atom stereocenters. The predicted molar refractivity (Wildman–Crippen MR) is 86.7 cm³/mol. The molecule has 2 amide bonds. The van der Waals surface area contributed by atoms with Gasteiger partial charge in [-0.05, 0) is 24.6 Å². The van der Waals surface area contributed by atoms with E-state index in [1.807, 2.05) is 37.3 Å². The third kappa shape index (κ3) is 6.17. The number of nitrogens with zero attached hydrogens (tertiary/aromatic N) is 1. The molecular weight excluding hydrogens is 294 g/mol. The Hall–Kier alpha value is -2.89. The lowest BCUT2D eigenvalue weighted by atomic mass is 10.2. The fourth-order valence-electron chi connectivity index (χ4n) is 1.86. The topological polar surface area (TPSA) is 83.7 Å². The van der Waals surface area contributed by atoms with Crippen LogP contribution in [-0.2, 0) is 16.1 Å². The molecule has 6 heteroatoms. The Morgan fingerprint density at radius 2 is 1.83 bits per heavy atom. The Bertz CT molecular complexity index is 677. The number of carbonyl (C=O) groups is 2. The van der Waals surface area contributed by atoms with Crippen molar-refractivity contribution in [3.8, 4) is 0 Å².